The van der Waals surface area contributed by atoms with Crippen molar-refractivity contribution < 1.29 is 19.4 Å². The summed E-state index contributed by atoms with van der Waals surface area (Å²) in [6.45, 7) is 1.88. The molecule has 1 atom stereocenters. The third-order valence-corrected chi connectivity index (χ3v) is 2.94. The normalized spacial score (nSPS) is 18.8. The van der Waals surface area contributed by atoms with Gasteiger partial charge in [0.25, 0.3) is 0 Å². The Morgan fingerprint density at radius 3 is 3.05 bits per heavy atom. The molecule has 0 radical (unpaired) electrons. The Hall–Kier alpha value is -2.16. The second-order valence-corrected chi connectivity index (χ2v) is 4.40. The van der Waals surface area contributed by atoms with Crippen molar-refractivity contribution in [3.05, 3.63) is 12.4 Å². The smallest absolute Gasteiger partial charge is 0.334 e. The summed E-state index contributed by atoms with van der Waals surface area (Å²) in [5.41, 5.74) is 0. The molecule has 2 rings (SSSR count). The maximum atomic E-state index is 11.9. The standard InChI is InChI=1S/C11H17N5O4/c17-10(18)9-8-15(6-7-20-9)11(19)12-2-1-4-16-5-3-13-14-16/h3,5,9H,1-2,4,6-8H2,(H,12,19)(H,17,18). The van der Waals surface area contributed by atoms with Gasteiger partial charge in [0.2, 0.25) is 0 Å². The van der Waals surface area contributed by atoms with E-state index >= 15 is 0 Å². The van der Waals surface area contributed by atoms with E-state index in [1.54, 1.807) is 17.1 Å². The Kier molecular flexibility index (Phi) is 4.88. The number of carboxylic acid groups (broad SMARTS) is 1. The zero-order valence-electron chi connectivity index (χ0n) is 10.9. The second-order valence-electron chi connectivity index (χ2n) is 4.40. The summed E-state index contributed by atoms with van der Waals surface area (Å²) < 4.78 is 6.74. The lowest BCUT2D eigenvalue weighted by Gasteiger charge is -2.30. The Balaban J connectivity index is 1.67. The largest absolute Gasteiger partial charge is 0.479 e. The number of nitrogens with one attached hydrogen (secondary N) is 1. The highest BCUT2D eigenvalue weighted by molar-refractivity contribution is 5.77. The summed E-state index contributed by atoms with van der Waals surface area (Å²) in [5, 5.41) is 19.1. The molecule has 0 spiro atoms. The van der Waals surface area contributed by atoms with Gasteiger partial charge in [0.15, 0.2) is 6.10 Å². The van der Waals surface area contributed by atoms with Crippen LogP contribution in [0.2, 0.25) is 0 Å². The minimum absolute atomic E-state index is 0.0737. The maximum absolute atomic E-state index is 11.9. The number of urea groups is 1. The third kappa shape index (κ3) is 3.92. The van der Waals surface area contributed by atoms with Gasteiger partial charge in [-0.1, -0.05) is 5.21 Å². The second kappa shape index (κ2) is 6.85. The van der Waals surface area contributed by atoms with Gasteiger partial charge < -0.3 is 20.1 Å². The number of aliphatic carboxylic acids is 1. The molecule has 2 N–H and O–H groups in total. The van der Waals surface area contributed by atoms with Crippen LogP contribution in [-0.4, -0.2) is 69.3 Å². The van der Waals surface area contributed by atoms with Crippen molar-refractivity contribution in [1.82, 2.24) is 25.2 Å². The molecule has 1 unspecified atom stereocenters. The topological polar surface area (TPSA) is 110 Å². The summed E-state index contributed by atoms with van der Waals surface area (Å²) in [7, 11) is 0. The zero-order chi connectivity index (χ0) is 14.4. The molecule has 0 aliphatic carbocycles. The highest BCUT2D eigenvalue weighted by atomic mass is 16.5. The zero-order valence-corrected chi connectivity index (χ0v) is 10.9. The van der Waals surface area contributed by atoms with Crippen LogP contribution in [0.5, 0.6) is 0 Å². The first-order chi connectivity index (χ1) is 9.66. The molecule has 1 aliphatic rings. The quantitative estimate of drug-likeness (QED) is 0.682. The Morgan fingerprint density at radius 2 is 2.35 bits per heavy atom. The predicted molar refractivity (Wildman–Crippen MR) is 67.0 cm³/mol. The summed E-state index contributed by atoms with van der Waals surface area (Å²) in [6, 6.07) is -0.266. The van der Waals surface area contributed by atoms with Gasteiger partial charge in [0, 0.05) is 25.8 Å². The van der Waals surface area contributed by atoms with Gasteiger partial charge in [-0.25, -0.2) is 9.59 Å². The van der Waals surface area contributed by atoms with Crippen LogP contribution in [0.1, 0.15) is 6.42 Å². The number of ether oxygens (including phenoxy) is 1. The molecule has 1 aromatic heterocycles. The van der Waals surface area contributed by atoms with Crippen LogP contribution in [0.4, 0.5) is 4.79 Å². The molecule has 0 bridgehead atoms. The van der Waals surface area contributed by atoms with Crippen LogP contribution in [-0.2, 0) is 16.1 Å². The number of morpholine rings is 1. The van der Waals surface area contributed by atoms with Gasteiger partial charge in [-0.05, 0) is 6.42 Å². The van der Waals surface area contributed by atoms with Gasteiger partial charge in [0.05, 0.1) is 19.3 Å². The van der Waals surface area contributed by atoms with Gasteiger partial charge in [-0.2, -0.15) is 0 Å². The van der Waals surface area contributed by atoms with Crippen molar-refractivity contribution in [2.24, 2.45) is 0 Å². The molecule has 1 fully saturated rings. The summed E-state index contributed by atoms with van der Waals surface area (Å²) in [6.07, 6.45) is 3.13. The Morgan fingerprint density at radius 1 is 1.50 bits per heavy atom. The van der Waals surface area contributed by atoms with Crippen LogP contribution in [0, 0.1) is 0 Å². The monoisotopic (exact) mass is 283 g/mol. The minimum Gasteiger partial charge on any atom is -0.479 e. The molecule has 1 aliphatic heterocycles. The lowest BCUT2D eigenvalue weighted by molar-refractivity contribution is -0.154. The van der Waals surface area contributed by atoms with Crippen LogP contribution in [0.15, 0.2) is 12.4 Å². The highest BCUT2D eigenvalue weighted by Gasteiger charge is 2.28. The number of aromatic nitrogens is 3. The fourth-order valence-electron chi connectivity index (χ4n) is 1.88. The predicted octanol–water partition coefficient (Wildman–Crippen LogP) is -0.837. The number of nitrogens with zero attached hydrogens (tertiary/aromatic N) is 4. The van der Waals surface area contributed by atoms with E-state index in [0.717, 1.165) is 6.42 Å². The summed E-state index contributed by atoms with van der Waals surface area (Å²) in [4.78, 5) is 24.1. The van der Waals surface area contributed by atoms with Crippen LogP contribution >= 0.6 is 0 Å². The molecular formula is C11H17N5O4. The van der Waals surface area contributed by atoms with Crippen molar-refractivity contribution in [3.8, 4) is 0 Å². The molecule has 2 amide bonds. The first-order valence-electron chi connectivity index (χ1n) is 6.38. The van der Waals surface area contributed by atoms with E-state index in [1.165, 1.54) is 4.90 Å². The molecule has 2 heterocycles. The number of amides is 2. The van der Waals surface area contributed by atoms with Crippen molar-refractivity contribution in [3.63, 3.8) is 0 Å². The van der Waals surface area contributed by atoms with Gasteiger partial charge >= 0.3 is 12.0 Å². The van der Waals surface area contributed by atoms with E-state index < -0.39 is 12.1 Å². The summed E-state index contributed by atoms with van der Waals surface area (Å²) in [5.74, 6) is -1.05. The molecule has 9 heteroatoms. The van der Waals surface area contributed by atoms with E-state index in [9.17, 15) is 9.59 Å². The highest BCUT2D eigenvalue weighted by Crippen LogP contribution is 2.05. The van der Waals surface area contributed by atoms with Crippen molar-refractivity contribution >= 4 is 12.0 Å². The molecule has 1 aromatic rings. The van der Waals surface area contributed by atoms with E-state index in [-0.39, 0.29) is 19.2 Å². The van der Waals surface area contributed by atoms with Gasteiger partial charge in [0.1, 0.15) is 0 Å². The van der Waals surface area contributed by atoms with Crippen LogP contribution < -0.4 is 5.32 Å². The number of aryl methyl sites for hydroxylation is 1. The van der Waals surface area contributed by atoms with Crippen LogP contribution in [0.25, 0.3) is 0 Å². The lowest BCUT2D eigenvalue weighted by Crippen LogP contribution is -2.51. The van der Waals surface area contributed by atoms with E-state index in [4.69, 9.17) is 9.84 Å². The molecule has 0 saturated carbocycles. The Labute approximate surface area is 115 Å². The van der Waals surface area contributed by atoms with Gasteiger partial charge in [-0.3, -0.25) is 4.68 Å². The van der Waals surface area contributed by atoms with E-state index in [0.29, 0.717) is 19.6 Å². The fourth-order valence-corrected chi connectivity index (χ4v) is 1.88. The number of hydrogen-bond acceptors (Lipinski definition) is 5. The molecule has 110 valence electrons. The molecule has 0 aromatic carbocycles. The van der Waals surface area contributed by atoms with Crippen molar-refractivity contribution in [1.29, 1.82) is 0 Å². The Bertz CT molecular complexity index is 450. The van der Waals surface area contributed by atoms with Gasteiger partial charge in [-0.15, -0.1) is 5.10 Å². The molecule has 1 saturated heterocycles. The summed E-state index contributed by atoms with van der Waals surface area (Å²) >= 11 is 0. The molecule has 20 heavy (non-hydrogen) atoms. The SMILES string of the molecule is O=C(O)C1CN(C(=O)NCCCn2ccnn2)CCO1. The number of carbonyl (C=O) groups is 2. The van der Waals surface area contributed by atoms with Crippen molar-refractivity contribution in [2.75, 3.05) is 26.2 Å². The lowest BCUT2D eigenvalue weighted by atomic mass is 10.3. The first kappa shape index (κ1) is 14.3. The number of hydrogen-bond donors (Lipinski definition) is 2. The van der Waals surface area contributed by atoms with E-state index in [2.05, 4.69) is 15.6 Å². The average molecular weight is 283 g/mol. The van der Waals surface area contributed by atoms with Crippen molar-refractivity contribution in [2.45, 2.75) is 19.1 Å². The first-order valence-corrected chi connectivity index (χ1v) is 6.38. The number of carboxylic acids is 1. The number of carbonyl (C=O) groups excluding carboxylic acids is 1. The minimum atomic E-state index is -1.05. The fraction of sp³-hybridized carbons (Fsp3) is 0.636. The average Bonchev–Trinajstić information content (AvgIpc) is 2.96. The molecule has 9 nitrogen and oxygen atoms in total. The maximum Gasteiger partial charge on any atom is 0.334 e. The van der Waals surface area contributed by atoms with Crippen LogP contribution in [0.3, 0.4) is 0 Å². The number of rotatable bonds is 5. The third-order valence-electron chi connectivity index (χ3n) is 2.94. The van der Waals surface area contributed by atoms with E-state index in [1.807, 2.05) is 0 Å². The molecular weight excluding hydrogens is 266 g/mol.